The van der Waals surface area contributed by atoms with Crippen molar-refractivity contribution >= 4 is 11.6 Å². The number of nitrogens with one attached hydrogen (secondary N) is 1. The Morgan fingerprint density at radius 1 is 1.46 bits per heavy atom. The van der Waals surface area contributed by atoms with Gasteiger partial charge in [0, 0.05) is 11.6 Å². The fraction of sp³-hybridized carbons (Fsp3) is 0.455. The maximum Gasteiger partial charge on any atom is 0.0409 e. The fourth-order valence-corrected chi connectivity index (χ4v) is 2.08. The van der Waals surface area contributed by atoms with E-state index in [9.17, 15) is 0 Å². The highest BCUT2D eigenvalue weighted by Gasteiger charge is 2.13. The molecule has 0 aromatic heterocycles. The molecule has 0 saturated carbocycles. The summed E-state index contributed by atoms with van der Waals surface area (Å²) in [5.74, 6) is 0.580. The van der Waals surface area contributed by atoms with E-state index < -0.39 is 0 Å². The molecule has 0 fully saturated rings. The predicted octanol–water partition coefficient (Wildman–Crippen LogP) is 2.59. The van der Waals surface area contributed by atoms with Crippen LogP contribution in [0.2, 0.25) is 5.02 Å². The molecular weight excluding hydrogens is 182 g/mol. The minimum absolute atomic E-state index is 0.580. The van der Waals surface area contributed by atoms with Gasteiger partial charge in [-0.25, -0.2) is 0 Å². The highest BCUT2D eigenvalue weighted by molar-refractivity contribution is 6.30. The Morgan fingerprint density at radius 2 is 2.31 bits per heavy atom. The lowest BCUT2D eigenvalue weighted by atomic mass is 9.96. The first kappa shape index (κ1) is 9.04. The second-order valence-corrected chi connectivity index (χ2v) is 4.13. The van der Waals surface area contributed by atoms with Gasteiger partial charge >= 0.3 is 0 Å². The Labute approximate surface area is 84.1 Å². The van der Waals surface area contributed by atoms with Gasteiger partial charge in [-0.3, -0.25) is 0 Å². The Morgan fingerprint density at radius 3 is 3.15 bits per heavy atom. The van der Waals surface area contributed by atoms with Gasteiger partial charge in [0.05, 0.1) is 0 Å². The molecule has 70 valence electrons. The van der Waals surface area contributed by atoms with E-state index in [0.29, 0.717) is 5.92 Å². The van der Waals surface area contributed by atoms with E-state index in [-0.39, 0.29) is 0 Å². The van der Waals surface area contributed by atoms with Crippen LogP contribution in [-0.4, -0.2) is 13.1 Å². The summed E-state index contributed by atoms with van der Waals surface area (Å²) in [4.78, 5) is 0. The molecule has 0 spiro atoms. The maximum atomic E-state index is 5.97. The van der Waals surface area contributed by atoms with Crippen LogP contribution in [0.4, 0.5) is 0 Å². The van der Waals surface area contributed by atoms with Crippen molar-refractivity contribution in [2.24, 2.45) is 0 Å². The molecule has 0 bridgehead atoms. The number of fused-ring (bicyclic) bond motifs is 1. The summed E-state index contributed by atoms with van der Waals surface area (Å²) in [6.07, 6.45) is 1.12. The molecule has 2 rings (SSSR count). The summed E-state index contributed by atoms with van der Waals surface area (Å²) in [6.45, 7) is 4.39. The summed E-state index contributed by atoms with van der Waals surface area (Å²) >= 11 is 5.97. The molecule has 1 heterocycles. The largest absolute Gasteiger partial charge is 0.316 e. The molecule has 0 aliphatic carbocycles. The van der Waals surface area contributed by atoms with Crippen LogP contribution >= 0.6 is 11.6 Å². The zero-order valence-electron chi connectivity index (χ0n) is 7.81. The minimum Gasteiger partial charge on any atom is -0.316 e. The average Bonchev–Trinajstić information content (AvgIpc) is 2.29. The molecule has 1 aromatic carbocycles. The van der Waals surface area contributed by atoms with Crippen LogP contribution in [0.1, 0.15) is 24.0 Å². The van der Waals surface area contributed by atoms with Crippen molar-refractivity contribution in [3.63, 3.8) is 0 Å². The van der Waals surface area contributed by atoms with Crippen molar-refractivity contribution in [3.05, 3.63) is 34.3 Å². The first-order valence-corrected chi connectivity index (χ1v) is 5.14. The zero-order valence-corrected chi connectivity index (χ0v) is 8.56. The van der Waals surface area contributed by atoms with Gasteiger partial charge in [-0.1, -0.05) is 24.6 Å². The topological polar surface area (TPSA) is 12.0 Å². The lowest BCUT2D eigenvalue weighted by molar-refractivity contribution is 0.644. The van der Waals surface area contributed by atoms with E-state index in [1.807, 2.05) is 6.07 Å². The first-order valence-electron chi connectivity index (χ1n) is 4.76. The normalized spacial score (nSPS) is 22.2. The Bertz CT molecular complexity index is 309. The first-order chi connectivity index (χ1) is 6.27. The van der Waals surface area contributed by atoms with Crippen molar-refractivity contribution in [1.29, 1.82) is 0 Å². The molecule has 1 atom stereocenters. The van der Waals surface area contributed by atoms with Gasteiger partial charge in [-0.2, -0.15) is 0 Å². The van der Waals surface area contributed by atoms with Gasteiger partial charge in [0.25, 0.3) is 0 Å². The van der Waals surface area contributed by atoms with E-state index >= 15 is 0 Å². The highest BCUT2D eigenvalue weighted by Crippen LogP contribution is 2.25. The molecule has 1 N–H and O–H groups in total. The molecule has 0 radical (unpaired) electrons. The Kier molecular flexibility index (Phi) is 2.56. The van der Waals surface area contributed by atoms with Crippen molar-refractivity contribution < 1.29 is 0 Å². The number of halogens is 1. The van der Waals surface area contributed by atoms with E-state index in [4.69, 9.17) is 11.6 Å². The smallest absolute Gasteiger partial charge is 0.0409 e. The molecule has 2 heteroatoms. The van der Waals surface area contributed by atoms with Crippen LogP contribution in [0.15, 0.2) is 18.2 Å². The van der Waals surface area contributed by atoms with Gasteiger partial charge in [-0.15, -0.1) is 0 Å². The maximum absolute atomic E-state index is 5.97. The van der Waals surface area contributed by atoms with Gasteiger partial charge in [0.15, 0.2) is 0 Å². The van der Waals surface area contributed by atoms with Crippen LogP contribution < -0.4 is 5.32 Å². The summed E-state index contributed by atoms with van der Waals surface area (Å²) in [6, 6.07) is 6.24. The molecule has 0 saturated heterocycles. The molecule has 13 heavy (non-hydrogen) atoms. The van der Waals surface area contributed by atoms with Crippen LogP contribution in [0, 0.1) is 0 Å². The van der Waals surface area contributed by atoms with Gasteiger partial charge in [-0.05, 0) is 42.1 Å². The Hall–Kier alpha value is -0.530. The van der Waals surface area contributed by atoms with Crippen molar-refractivity contribution in [2.75, 3.05) is 13.1 Å². The lowest BCUT2D eigenvalue weighted by Gasteiger charge is -2.11. The molecule has 0 amide bonds. The minimum atomic E-state index is 0.580. The third kappa shape index (κ3) is 1.87. The van der Waals surface area contributed by atoms with Gasteiger partial charge < -0.3 is 5.32 Å². The fourth-order valence-electron chi connectivity index (χ4n) is 1.90. The summed E-state index contributed by atoms with van der Waals surface area (Å²) < 4.78 is 0. The van der Waals surface area contributed by atoms with Crippen molar-refractivity contribution in [1.82, 2.24) is 5.32 Å². The standard InChI is InChI=1S/C11H14ClN/c1-8-7-13-5-4-9-2-3-10(12)6-11(8)9/h2-3,6,8,13H,4-5,7H2,1H3/t8-/m1/s1. The lowest BCUT2D eigenvalue weighted by Crippen LogP contribution is -2.18. The third-order valence-corrected chi connectivity index (χ3v) is 2.90. The van der Waals surface area contributed by atoms with Gasteiger partial charge in [0.1, 0.15) is 0 Å². The molecule has 1 aliphatic heterocycles. The van der Waals surface area contributed by atoms with Crippen LogP contribution in [0.25, 0.3) is 0 Å². The Balaban J connectivity index is 2.43. The molecular formula is C11H14ClN. The van der Waals surface area contributed by atoms with Crippen LogP contribution in [-0.2, 0) is 6.42 Å². The molecule has 1 aromatic rings. The summed E-state index contributed by atoms with van der Waals surface area (Å²) in [5.41, 5.74) is 2.86. The van der Waals surface area contributed by atoms with Crippen molar-refractivity contribution in [2.45, 2.75) is 19.3 Å². The second kappa shape index (κ2) is 3.69. The van der Waals surface area contributed by atoms with E-state index in [0.717, 1.165) is 24.5 Å². The highest BCUT2D eigenvalue weighted by atomic mass is 35.5. The average molecular weight is 196 g/mol. The predicted molar refractivity (Wildman–Crippen MR) is 56.4 cm³/mol. The monoisotopic (exact) mass is 195 g/mol. The van der Waals surface area contributed by atoms with E-state index in [1.54, 1.807) is 0 Å². The molecule has 0 unspecified atom stereocenters. The number of rotatable bonds is 0. The quantitative estimate of drug-likeness (QED) is 0.671. The van der Waals surface area contributed by atoms with E-state index in [2.05, 4.69) is 24.4 Å². The van der Waals surface area contributed by atoms with E-state index in [1.165, 1.54) is 11.1 Å². The number of hydrogen-bond donors (Lipinski definition) is 1. The zero-order chi connectivity index (χ0) is 9.26. The van der Waals surface area contributed by atoms with Crippen LogP contribution in [0.3, 0.4) is 0 Å². The van der Waals surface area contributed by atoms with Crippen molar-refractivity contribution in [3.8, 4) is 0 Å². The SMILES string of the molecule is C[C@@H]1CNCCc2ccc(Cl)cc21. The summed E-state index contributed by atoms with van der Waals surface area (Å²) in [5, 5.41) is 4.27. The van der Waals surface area contributed by atoms with Gasteiger partial charge in [0.2, 0.25) is 0 Å². The third-order valence-electron chi connectivity index (χ3n) is 2.66. The second-order valence-electron chi connectivity index (χ2n) is 3.70. The molecule has 1 nitrogen and oxygen atoms in total. The van der Waals surface area contributed by atoms with Crippen LogP contribution in [0.5, 0.6) is 0 Å². The number of hydrogen-bond acceptors (Lipinski definition) is 1. The number of benzene rings is 1. The summed E-state index contributed by atoms with van der Waals surface area (Å²) in [7, 11) is 0. The molecule has 1 aliphatic rings.